The van der Waals surface area contributed by atoms with Crippen LogP contribution in [0, 0.1) is 11.6 Å². The maximum atomic E-state index is 13.6. The number of hydrogen-bond donors (Lipinski definition) is 1. The zero-order valence-corrected chi connectivity index (χ0v) is 14.2. The summed E-state index contributed by atoms with van der Waals surface area (Å²) in [5.41, 5.74) is 0.0989. The molecule has 1 saturated heterocycles. The van der Waals surface area contributed by atoms with E-state index in [2.05, 4.69) is 17.1 Å². The molecule has 4 nitrogen and oxygen atoms in total. The van der Waals surface area contributed by atoms with E-state index < -0.39 is 17.5 Å². The smallest absolute Gasteiger partial charge is 0.287 e. The number of carbonyl (C=O) groups excluding carboxylic acids is 1. The predicted octanol–water partition coefficient (Wildman–Crippen LogP) is 4.03. The second-order valence-electron chi connectivity index (χ2n) is 6.39. The van der Waals surface area contributed by atoms with Gasteiger partial charge in [-0.2, -0.15) is 0 Å². The molecule has 0 saturated carbocycles. The van der Waals surface area contributed by atoms with Crippen LogP contribution in [0.25, 0.3) is 0 Å². The lowest BCUT2D eigenvalue weighted by molar-refractivity contribution is 0.0913. The van der Waals surface area contributed by atoms with E-state index in [1.165, 1.54) is 19.3 Å². The van der Waals surface area contributed by atoms with Gasteiger partial charge in [-0.1, -0.05) is 6.42 Å². The van der Waals surface area contributed by atoms with Crippen molar-refractivity contribution in [1.29, 1.82) is 0 Å². The third-order valence-corrected chi connectivity index (χ3v) is 4.65. The van der Waals surface area contributed by atoms with Gasteiger partial charge in [0.15, 0.2) is 5.76 Å². The van der Waals surface area contributed by atoms with Gasteiger partial charge in [0, 0.05) is 12.1 Å². The first-order valence-corrected chi connectivity index (χ1v) is 8.60. The first kappa shape index (κ1) is 17.6. The summed E-state index contributed by atoms with van der Waals surface area (Å²) in [6.45, 7) is 4.03. The standard InChI is InChI=1S/C19H22F2N2O2/c1-13(23-9-3-2-4-10-23)17-7-8-18(25-17)19(24)22-12-14-11-15(20)5-6-16(14)21/h5-8,11,13H,2-4,9-10,12H2,1H3,(H,22,24)/t13-/m1/s1. The van der Waals surface area contributed by atoms with E-state index in [0.29, 0.717) is 0 Å². The van der Waals surface area contributed by atoms with Gasteiger partial charge >= 0.3 is 0 Å². The molecule has 6 heteroatoms. The number of piperidine rings is 1. The van der Waals surface area contributed by atoms with Gasteiger partial charge in [-0.3, -0.25) is 9.69 Å². The molecule has 0 spiro atoms. The number of halogens is 2. The van der Waals surface area contributed by atoms with Crippen LogP contribution in [0.5, 0.6) is 0 Å². The fraction of sp³-hybridized carbons (Fsp3) is 0.421. The van der Waals surface area contributed by atoms with Crippen molar-refractivity contribution in [2.45, 2.75) is 38.8 Å². The summed E-state index contributed by atoms with van der Waals surface area (Å²) >= 11 is 0. The third kappa shape index (κ3) is 4.25. The minimum atomic E-state index is -0.555. The lowest BCUT2D eigenvalue weighted by atomic mass is 10.1. The van der Waals surface area contributed by atoms with E-state index >= 15 is 0 Å². The maximum Gasteiger partial charge on any atom is 0.287 e. The van der Waals surface area contributed by atoms with Crippen LogP contribution >= 0.6 is 0 Å². The van der Waals surface area contributed by atoms with Crippen LogP contribution in [0.2, 0.25) is 0 Å². The van der Waals surface area contributed by atoms with Crippen molar-refractivity contribution in [2.75, 3.05) is 13.1 Å². The quantitative estimate of drug-likeness (QED) is 0.887. The van der Waals surface area contributed by atoms with Crippen LogP contribution in [0.1, 0.15) is 54.1 Å². The molecule has 134 valence electrons. The zero-order chi connectivity index (χ0) is 17.8. The van der Waals surface area contributed by atoms with Crippen LogP contribution in [0.3, 0.4) is 0 Å². The van der Waals surface area contributed by atoms with Gasteiger partial charge in [0.05, 0.1) is 6.04 Å². The Kier molecular flexibility index (Phi) is 5.48. The van der Waals surface area contributed by atoms with Gasteiger partial charge in [0.1, 0.15) is 17.4 Å². The largest absolute Gasteiger partial charge is 0.454 e. The van der Waals surface area contributed by atoms with Crippen LogP contribution < -0.4 is 5.32 Å². The second-order valence-corrected chi connectivity index (χ2v) is 6.39. The molecule has 2 heterocycles. The van der Waals surface area contributed by atoms with Crippen molar-refractivity contribution >= 4 is 5.91 Å². The summed E-state index contributed by atoms with van der Waals surface area (Å²) < 4.78 is 32.4. The molecule has 0 bridgehead atoms. The van der Waals surface area contributed by atoms with Crippen LogP contribution in [0.4, 0.5) is 8.78 Å². The topological polar surface area (TPSA) is 45.5 Å². The SMILES string of the molecule is C[C@H](c1ccc(C(=O)NCc2cc(F)ccc2F)o1)N1CCCCC1. The van der Waals surface area contributed by atoms with E-state index in [1.807, 2.05) is 0 Å². The highest BCUT2D eigenvalue weighted by atomic mass is 19.1. The second kappa shape index (κ2) is 7.78. The summed E-state index contributed by atoms with van der Waals surface area (Å²) in [7, 11) is 0. The molecular formula is C19H22F2N2O2. The third-order valence-electron chi connectivity index (χ3n) is 4.65. The molecule has 3 rings (SSSR count). The van der Waals surface area contributed by atoms with E-state index in [1.54, 1.807) is 12.1 Å². The zero-order valence-electron chi connectivity index (χ0n) is 14.2. The van der Waals surface area contributed by atoms with E-state index in [-0.39, 0.29) is 23.9 Å². The van der Waals surface area contributed by atoms with Gasteiger partial charge in [-0.15, -0.1) is 0 Å². The first-order chi connectivity index (χ1) is 12.0. The molecule has 1 aromatic carbocycles. The molecule has 0 aliphatic carbocycles. The summed E-state index contributed by atoms with van der Waals surface area (Å²) in [4.78, 5) is 14.5. The molecule has 1 N–H and O–H groups in total. The van der Waals surface area contributed by atoms with E-state index in [0.717, 1.165) is 37.0 Å². The molecule has 1 aliphatic rings. The number of hydrogen-bond acceptors (Lipinski definition) is 3. The molecule has 0 unspecified atom stereocenters. The minimum Gasteiger partial charge on any atom is -0.454 e. The van der Waals surface area contributed by atoms with Crippen LogP contribution in [-0.4, -0.2) is 23.9 Å². The Labute approximate surface area is 145 Å². The number of nitrogens with zero attached hydrogens (tertiary/aromatic N) is 1. The lowest BCUT2D eigenvalue weighted by Crippen LogP contribution is -2.32. The Hall–Kier alpha value is -2.21. The molecule has 0 radical (unpaired) electrons. The molecule has 2 aromatic rings. The summed E-state index contributed by atoms with van der Waals surface area (Å²) in [6.07, 6.45) is 3.61. The molecule has 25 heavy (non-hydrogen) atoms. The Balaban J connectivity index is 1.61. The number of rotatable bonds is 5. The molecule has 1 fully saturated rings. The van der Waals surface area contributed by atoms with Crippen molar-refractivity contribution < 1.29 is 18.0 Å². The Morgan fingerprint density at radius 2 is 1.96 bits per heavy atom. The number of benzene rings is 1. The summed E-state index contributed by atoms with van der Waals surface area (Å²) in [5, 5.41) is 2.56. The van der Waals surface area contributed by atoms with Gasteiger partial charge in [-0.25, -0.2) is 8.78 Å². The highest BCUT2D eigenvalue weighted by Gasteiger charge is 2.22. The van der Waals surface area contributed by atoms with E-state index in [9.17, 15) is 13.6 Å². The number of amides is 1. The van der Waals surface area contributed by atoms with Crippen molar-refractivity contribution in [2.24, 2.45) is 0 Å². The van der Waals surface area contributed by atoms with Gasteiger partial charge in [0.25, 0.3) is 5.91 Å². The van der Waals surface area contributed by atoms with Crippen LogP contribution in [-0.2, 0) is 6.54 Å². The molecule has 1 atom stereocenters. The molecular weight excluding hydrogens is 326 g/mol. The number of likely N-dealkylation sites (tertiary alicyclic amines) is 1. The normalized spacial score (nSPS) is 16.6. The predicted molar refractivity (Wildman–Crippen MR) is 90.1 cm³/mol. The summed E-state index contributed by atoms with van der Waals surface area (Å²) in [6, 6.07) is 6.69. The Bertz CT molecular complexity index is 739. The van der Waals surface area contributed by atoms with Crippen molar-refractivity contribution in [3.8, 4) is 0 Å². The first-order valence-electron chi connectivity index (χ1n) is 8.60. The van der Waals surface area contributed by atoms with Gasteiger partial charge < -0.3 is 9.73 Å². The molecule has 1 amide bonds. The Morgan fingerprint density at radius 3 is 2.72 bits per heavy atom. The van der Waals surface area contributed by atoms with E-state index in [4.69, 9.17) is 4.42 Å². The number of furan rings is 1. The number of carbonyl (C=O) groups is 1. The van der Waals surface area contributed by atoms with Crippen molar-refractivity contribution in [1.82, 2.24) is 10.2 Å². The highest BCUT2D eigenvalue weighted by Crippen LogP contribution is 2.25. The van der Waals surface area contributed by atoms with Gasteiger partial charge in [-0.05, 0) is 63.2 Å². The average molecular weight is 348 g/mol. The Morgan fingerprint density at radius 1 is 1.20 bits per heavy atom. The van der Waals surface area contributed by atoms with Crippen molar-refractivity contribution in [3.05, 3.63) is 59.1 Å². The monoisotopic (exact) mass is 348 g/mol. The van der Waals surface area contributed by atoms with Crippen molar-refractivity contribution in [3.63, 3.8) is 0 Å². The maximum absolute atomic E-state index is 13.6. The number of nitrogens with one attached hydrogen (secondary N) is 1. The fourth-order valence-corrected chi connectivity index (χ4v) is 3.13. The van der Waals surface area contributed by atoms with Gasteiger partial charge in [0.2, 0.25) is 0 Å². The molecule has 1 aromatic heterocycles. The lowest BCUT2D eigenvalue weighted by Gasteiger charge is -2.31. The minimum absolute atomic E-state index is 0.0971. The van der Waals surface area contributed by atoms with Crippen LogP contribution in [0.15, 0.2) is 34.7 Å². The summed E-state index contributed by atoms with van der Waals surface area (Å²) in [5.74, 6) is -0.623. The average Bonchev–Trinajstić information content (AvgIpc) is 3.12. The highest BCUT2D eigenvalue weighted by molar-refractivity contribution is 5.91. The molecule has 1 aliphatic heterocycles. The fourth-order valence-electron chi connectivity index (χ4n) is 3.13.